The summed E-state index contributed by atoms with van der Waals surface area (Å²) in [6.07, 6.45) is 2.48. The highest BCUT2D eigenvalue weighted by Gasteiger charge is 2.27. The summed E-state index contributed by atoms with van der Waals surface area (Å²) in [5.74, 6) is 0.737. The van der Waals surface area contributed by atoms with Crippen molar-refractivity contribution in [3.63, 3.8) is 0 Å². The van der Waals surface area contributed by atoms with Gasteiger partial charge >= 0.3 is 0 Å². The van der Waals surface area contributed by atoms with E-state index in [4.69, 9.17) is 5.73 Å². The molecule has 1 unspecified atom stereocenters. The summed E-state index contributed by atoms with van der Waals surface area (Å²) in [6, 6.07) is 0.409. The third kappa shape index (κ3) is 3.25. The van der Waals surface area contributed by atoms with Gasteiger partial charge in [0.05, 0.1) is 0 Å². The first-order valence-corrected chi connectivity index (χ1v) is 5.90. The second-order valence-corrected chi connectivity index (χ2v) is 5.78. The van der Waals surface area contributed by atoms with E-state index in [1.165, 1.54) is 25.9 Å². The Morgan fingerprint density at radius 1 is 1.43 bits per heavy atom. The molecule has 2 nitrogen and oxygen atoms in total. The van der Waals surface area contributed by atoms with Gasteiger partial charge in [0, 0.05) is 19.1 Å². The second-order valence-electron chi connectivity index (χ2n) is 5.78. The third-order valence-electron chi connectivity index (χ3n) is 3.74. The number of likely N-dealkylation sites (tertiary alicyclic amines) is 1. The molecule has 1 heterocycles. The van der Waals surface area contributed by atoms with Crippen LogP contribution in [0.5, 0.6) is 0 Å². The van der Waals surface area contributed by atoms with E-state index in [-0.39, 0.29) is 0 Å². The van der Waals surface area contributed by atoms with Gasteiger partial charge in [-0.1, -0.05) is 27.7 Å². The summed E-state index contributed by atoms with van der Waals surface area (Å²) < 4.78 is 0. The summed E-state index contributed by atoms with van der Waals surface area (Å²) in [6.45, 7) is 12.9. The molecule has 1 saturated heterocycles. The molecule has 14 heavy (non-hydrogen) atoms. The van der Waals surface area contributed by atoms with Crippen LogP contribution in [-0.2, 0) is 0 Å². The van der Waals surface area contributed by atoms with Crippen LogP contribution in [0, 0.1) is 11.3 Å². The first-order chi connectivity index (χ1) is 6.42. The number of rotatable bonds is 3. The Balaban J connectivity index is 2.43. The maximum Gasteiger partial charge on any atom is 0.0168 e. The van der Waals surface area contributed by atoms with Gasteiger partial charge < -0.3 is 10.6 Å². The Labute approximate surface area is 88.8 Å². The Morgan fingerprint density at radius 3 is 2.57 bits per heavy atom. The molecule has 0 aromatic rings. The van der Waals surface area contributed by atoms with Crippen molar-refractivity contribution in [1.29, 1.82) is 0 Å². The minimum absolute atomic E-state index is 0.409. The fourth-order valence-corrected chi connectivity index (χ4v) is 1.99. The van der Waals surface area contributed by atoms with Crippen molar-refractivity contribution in [2.45, 2.75) is 46.6 Å². The van der Waals surface area contributed by atoms with Crippen LogP contribution in [-0.4, -0.2) is 30.6 Å². The van der Waals surface area contributed by atoms with Gasteiger partial charge in [-0.2, -0.15) is 0 Å². The highest BCUT2D eigenvalue weighted by Crippen LogP contribution is 2.28. The molecule has 0 saturated carbocycles. The predicted octanol–water partition coefficient (Wildman–Crippen LogP) is 2.09. The number of nitrogens with zero attached hydrogens (tertiary/aromatic N) is 1. The number of piperidine rings is 1. The predicted molar refractivity (Wildman–Crippen MR) is 62.3 cm³/mol. The molecule has 84 valence electrons. The zero-order valence-corrected chi connectivity index (χ0v) is 10.2. The van der Waals surface area contributed by atoms with Crippen LogP contribution in [0.3, 0.4) is 0 Å². The molecule has 0 radical (unpaired) electrons. The van der Waals surface area contributed by atoms with Crippen molar-refractivity contribution in [1.82, 2.24) is 4.90 Å². The summed E-state index contributed by atoms with van der Waals surface area (Å²) in [4.78, 5) is 2.54. The van der Waals surface area contributed by atoms with Crippen molar-refractivity contribution < 1.29 is 0 Å². The summed E-state index contributed by atoms with van der Waals surface area (Å²) in [5.41, 5.74) is 6.39. The number of hydrogen-bond donors (Lipinski definition) is 1. The average molecular weight is 198 g/mol. The lowest BCUT2D eigenvalue weighted by Gasteiger charge is -2.39. The number of hydrogen-bond acceptors (Lipinski definition) is 2. The van der Waals surface area contributed by atoms with Gasteiger partial charge in [0.25, 0.3) is 0 Å². The Kier molecular flexibility index (Phi) is 3.96. The molecular formula is C12H26N2. The maximum absolute atomic E-state index is 5.98. The minimum atomic E-state index is 0.409. The molecule has 2 heteroatoms. The molecule has 1 rings (SSSR count). The monoisotopic (exact) mass is 198 g/mol. The van der Waals surface area contributed by atoms with Crippen LogP contribution in [0.15, 0.2) is 0 Å². The van der Waals surface area contributed by atoms with Gasteiger partial charge in [0.1, 0.15) is 0 Å². The first kappa shape index (κ1) is 12.0. The van der Waals surface area contributed by atoms with Crippen LogP contribution < -0.4 is 5.73 Å². The SMILES string of the molecule is CC(C)C(C)(C)CN1CCCC(N)C1. The van der Waals surface area contributed by atoms with E-state index in [0.717, 1.165) is 12.5 Å². The highest BCUT2D eigenvalue weighted by molar-refractivity contribution is 4.81. The largest absolute Gasteiger partial charge is 0.327 e. The first-order valence-electron chi connectivity index (χ1n) is 5.90. The van der Waals surface area contributed by atoms with E-state index < -0.39 is 0 Å². The van der Waals surface area contributed by atoms with E-state index in [2.05, 4.69) is 32.6 Å². The summed E-state index contributed by atoms with van der Waals surface area (Å²) in [5, 5.41) is 0. The quantitative estimate of drug-likeness (QED) is 0.752. The Hall–Kier alpha value is -0.0800. The fraction of sp³-hybridized carbons (Fsp3) is 1.00. The van der Waals surface area contributed by atoms with Crippen LogP contribution in [0.4, 0.5) is 0 Å². The van der Waals surface area contributed by atoms with E-state index in [1.807, 2.05) is 0 Å². The normalized spacial score (nSPS) is 25.7. The van der Waals surface area contributed by atoms with Crippen molar-refractivity contribution >= 4 is 0 Å². The number of nitrogens with two attached hydrogens (primary N) is 1. The molecule has 0 amide bonds. The van der Waals surface area contributed by atoms with Crippen LogP contribution in [0.2, 0.25) is 0 Å². The van der Waals surface area contributed by atoms with Crippen molar-refractivity contribution in [3.05, 3.63) is 0 Å². The maximum atomic E-state index is 5.98. The van der Waals surface area contributed by atoms with Crippen LogP contribution in [0.25, 0.3) is 0 Å². The zero-order chi connectivity index (χ0) is 10.8. The van der Waals surface area contributed by atoms with Gasteiger partial charge in [-0.3, -0.25) is 0 Å². The standard InChI is InChI=1S/C12H26N2/c1-10(2)12(3,4)9-14-7-5-6-11(13)8-14/h10-11H,5-9,13H2,1-4H3. The lowest BCUT2D eigenvalue weighted by atomic mass is 9.80. The molecule has 0 aliphatic carbocycles. The molecule has 1 fully saturated rings. The second kappa shape index (κ2) is 4.63. The molecule has 1 atom stereocenters. The van der Waals surface area contributed by atoms with Gasteiger partial charge in [-0.05, 0) is 30.7 Å². The van der Waals surface area contributed by atoms with Crippen LogP contribution in [0.1, 0.15) is 40.5 Å². The summed E-state index contributed by atoms with van der Waals surface area (Å²) in [7, 11) is 0. The van der Waals surface area contributed by atoms with E-state index >= 15 is 0 Å². The topological polar surface area (TPSA) is 29.3 Å². The lowest BCUT2D eigenvalue weighted by Crippen LogP contribution is -2.47. The van der Waals surface area contributed by atoms with Crippen LogP contribution >= 0.6 is 0 Å². The molecule has 0 bridgehead atoms. The molecule has 0 spiro atoms. The highest BCUT2D eigenvalue weighted by atomic mass is 15.1. The smallest absolute Gasteiger partial charge is 0.0168 e. The van der Waals surface area contributed by atoms with Gasteiger partial charge in [-0.15, -0.1) is 0 Å². The van der Waals surface area contributed by atoms with Crippen molar-refractivity contribution in [2.24, 2.45) is 17.1 Å². The van der Waals surface area contributed by atoms with Gasteiger partial charge in [0.15, 0.2) is 0 Å². The fourth-order valence-electron chi connectivity index (χ4n) is 1.99. The van der Waals surface area contributed by atoms with E-state index in [1.54, 1.807) is 0 Å². The minimum Gasteiger partial charge on any atom is -0.327 e. The molecule has 0 aromatic heterocycles. The molecule has 1 aliphatic rings. The van der Waals surface area contributed by atoms with E-state index in [0.29, 0.717) is 11.5 Å². The molecule has 0 aromatic carbocycles. The third-order valence-corrected chi connectivity index (χ3v) is 3.74. The molecular weight excluding hydrogens is 172 g/mol. The van der Waals surface area contributed by atoms with E-state index in [9.17, 15) is 0 Å². The Morgan fingerprint density at radius 2 is 2.07 bits per heavy atom. The van der Waals surface area contributed by atoms with Gasteiger partial charge in [-0.25, -0.2) is 0 Å². The summed E-state index contributed by atoms with van der Waals surface area (Å²) >= 11 is 0. The average Bonchev–Trinajstić information content (AvgIpc) is 2.02. The van der Waals surface area contributed by atoms with Crippen molar-refractivity contribution in [3.8, 4) is 0 Å². The van der Waals surface area contributed by atoms with Crippen molar-refractivity contribution in [2.75, 3.05) is 19.6 Å². The van der Waals surface area contributed by atoms with Gasteiger partial charge in [0.2, 0.25) is 0 Å². The molecule has 1 aliphatic heterocycles. The molecule has 2 N–H and O–H groups in total. The lowest BCUT2D eigenvalue weighted by molar-refractivity contribution is 0.110. The zero-order valence-electron chi connectivity index (χ0n) is 10.2. The Bertz CT molecular complexity index is 175.